The zero-order valence-corrected chi connectivity index (χ0v) is 14.6. The average molecular weight is 395 g/mol. The van der Waals surface area contributed by atoms with Crippen molar-refractivity contribution in [1.29, 1.82) is 0 Å². The van der Waals surface area contributed by atoms with Gasteiger partial charge in [-0.15, -0.1) is 10.2 Å². The quantitative estimate of drug-likeness (QED) is 0.685. The summed E-state index contributed by atoms with van der Waals surface area (Å²) in [6.45, 7) is 1.51. The molecule has 0 aliphatic carbocycles. The molecule has 0 aliphatic rings. The van der Waals surface area contributed by atoms with Gasteiger partial charge in [0.1, 0.15) is 5.82 Å². The maximum absolute atomic E-state index is 13.6. The minimum Gasteiger partial charge on any atom is -0.480 e. The Labute approximate surface area is 156 Å². The number of benzene rings is 1. The van der Waals surface area contributed by atoms with Crippen LogP contribution in [-0.2, 0) is 6.18 Å². The fourth-order valence-electron chi connectivity index (χ4n) is 2.45. The van der Waals surface area contributed by atoms with Crippen molar-refractivity contribution < 1.29 is 27.1 Å². The van der Waals surface area contributed by atoms with Gasteiger partial charge < -0.3 is 10.1 Å². The van der Waals surface area contributed by atoms with Crippen LogP contribution in [0, 0.1) is 12.7 Å². The van der Waals surface area contributed by atoms with Crippen molar-refractivity contribution in [3.05, 3.63) is 59.2 Å². The van der Waals surface area contributed by atoms with Gasteiger partial charge >= 0.3 is 6.18 Å². The molecular weight excluding hydrogens is 382 g/mol. The van der Waals surface area contributed by atoms with E-state index in [1.807, 2.05) is 0 Å². The molecule has 11 heteroatoms. The Morgan fingerprint density at radius 2 is 1.93 bits per heavy atom. The number of aromatic nitrogens is 4. The van der Waals surface area contributed by atoms with Crippen LogP contribution in [0.15, 0.2) is 36.5 Å². The molecule has 0 radical (unpaired) electrons. The topological polar surface area (TPSA) is 81.9 Å². The van der Waals surface area contributed by atoms with E-state index < -0.39 is 29.2 Å². The number of carbonyl (C=O) groups is 1. The number of aryl methyl sites for hydroxylation is 1. The van der Waals surface area contributed by atoms with Gasteiger partial charge in [0, 0.05) is 11.8 Å². The highest BCUT2D eigenvalue weighted by Crippen LogP contribution is 2.34. The number of hydrogen-bond acceptors (Lipinski definition) is 5. The van der Waals surface area contributed by atoms with Gasteiger partial charge in [0.05, 0.1) is 18.9 Å². The Morgan fingerprint density at radius 3 is 2.50 bits per heavy atom. The predicted molar refractivity (Wildman–Crippen MR) is 89.8 cm³/mol. The molecule has 3 aromatic rings. The van der Waals surface area contributed by atoms with Gasteiger partial charge in [-0.2, -0.15) is 18.3 Å². The highest BCUT2D eigenvalue weighted by molar-refractivity contribution is 6.05. The number of amides is 1. The normalized spacial score (nSPS) is 11.4. The van der Waals surface area contributed by atoms with Crippen LogP contribution in [-0.4, -0.2) is 33.0 Å². The number of anilines is 1. The lowest BCUT2D eigenvalue weighted by atomic mass is 10.1. The Morgan fingerprint density at radius 1 is 1.18 bits per heavy atom. The standard InChI is InChI=1S/C17H13F4N5O2/c1-9-7-10(18)3-4-12(9)23-16(27)11-8-22-26(15(11)17(19,20)21)13-5-6-14(28-2)25-24-13/h3-8H,1-2H3,(H,23,27). The zero-order chi connectivity index (χ0) is 20.5. The van der Waals surface area contributed by atoms with E-state index in [2.05, 4.69) is 20.6 Å². The number of ether oxygens (including phenoxy) is 1. The molecule has 2 aromatic heterocycles. The minimum atomic E-state index is -4.90. The number of nitrogens with zero attached hydrogens (tertiary/aromatic N) is 4. The van der Waals surface area contributed by atoms with Gasteiger partial charge in [0.25, 0.3) is 5.91 Å². The van der Waals surface area contributed by atoms with E-state index in [1.165, 1.54) is 32.2 Å². The van der Waals surface area contributed by atoms with Crippen LogP contribution < -0.4 is 10.1 Å². The molecule has 1 amide bonds. The van der Waals surface area contributed by atoms with E-state index >= 15 is 0 Å². The first-order chi connectivity index (χ1) is 13.2. The summed E-state index contributed by atoms with van der Waals surface area (Å²) in [5, 5.41) is 13.2. The molecule has 1 aromatic carbocycles. The third-order valence-corrected chi connectivity index (χ3v) is 3.77. The van der Waals surface area contributed by atoms with Crippen LogP contribution in [0.25, 0.3) is 5.82 Å². The summed E-state index contributed by atoms with van der Waals surface area (Å²) < 4.78 is 59.4. The van der Waals surface area contributed by atoms with Gasteiger partial charge in [-0.3, -0.25) is 4.79 Å². The summed E-state index contributed by atoms with van der Waals surface area (Å²) in [5.74, 6) is -1.72. The maximum Gasteiger partial charge on any atom is 0.434 e. The summed E-state index contributed by atoms with van der Waals surface area (Å²) >= 11 is 0. The monoisotopic (exact) mass is 395 g/mol. The third kappa shape index (κ3) is 3.77. The third-order valence-electron chi connectivity index (χ3n) is 3.77. The molecule has 2 heterocycles. The molecule has 7 nitrogen and oxygen atoms in total. The maximum atomic E-state index is 13.6. The zero-order valence-electron chi connectivity index (χ0n) is 14.6. The molecule has 0 fully saturated rings. The smallest absolute Gasteiger partial charge is 0.434 e. The molecule has 0 bridgehead atoms. The van der Waals surface area contributed by atoms with Crippen LogP contribution in [0.4, 0.5) is 23.2 Å². The summed E-state index contributed by atoms with van der Waals surface area (Å²) in [7, 11) is 1.33. The first kappa shape index (κ1) is 19.3. The fraction of sp³-hybridized carbons (Fsp3) is 0.176. The van der Waals surface area contributed by atoms with E-state index in [0.717, 1.165) is 18.3 Å². The van der Waals surface area contributed by atoms with Crippen LogP contribution >= 0.6 is 0 Å². The molecular formula is C17H13F4N5O2. The first-order valence-electron chi connectivity index (χ1n) is 7.81. The number of halogens is 4. The molecule has 0 unspecified atom stereocenters. The Bertz CT molecular complexity index is 1020. The van der Waals surface area contributed by atoms with Crippen LogP contribution in [0.5, 0.6) is 5.88 Å². The van der Waals surface area contributed by atoms with E-state index in [1.54, 1.807) is 0 Å². The fourth-order valence-corrected chi connectivity index (χ4v) is 2.45. The lowest BCUT2D eigenvalue weighted by Gasteiger charge is -2.13. The second-order valence-corrected chi connectivity index (χ2v) is 5.66. The SMILES string of the molecule is COc1ccc(-n2ncc(C(=O)Nc3ccc(F)cc3C)c2C(F)(F)F)nn1. The van der Waals surface area contributed by atoms with Crippen molar-refractivity contribution in [1.82, 2.24) is 20.0 Å². The van der Waals surface area contributed by atoms with Crippen molar-refractivity contribution in [2.24, 2.45) is 0 Å². The molecule has 1 N–H and O–H groups in total. The summed E-state index contributed by atoms with van der Waals surface area (Å²) in [4.78, 5) is 12.4. The molecule has 0 atom stereocenters. The van der Waals surface area contributed by atoms with Gasteiger partial charge in [-0.1, -0.05) is 0 Å². The number of alkyl halides is 3. The Balaban J connectivity index is 2.01. The number of nitrogens with one attached hydrogen (secondary N) is 1. The lowest BCUT2D eigenvalue weighted by Crippen LogP contribution is -2.21. The van der Waals surface area contributed by atoms with Crippen molar-refractivity contribution in [2.75, 3.05) is 12.4 Å². The predicted octanol–water partition coefficient (Wildman–Crippen LogP) is 3.39. The Kier molecular flexibility index (Phi) is 4.99. The first-order valence-corrected chi connectivity index (χ1v) is 7.81. The van der Waals surface area contributed by atoms with Crippen molar-refractivity contribution in [3.8, 4) is 11.7 Å². The van der Waals surface area contributed by atoms with E-state index in [4.69, 9.17) is 4.74 Å². The number of carbonyl (C=O) groups excluding carboxylic acids is 1. The summed E-state index contributed by atoms with van der Waals surface area (Å²) in [5.41, 5.74) is -1.50. The van der Waals surface area contributed by atoms with Gasteiger partial charge in [0.2, 0.25) is 5.88 Å². The van der Waals surface area contributed by atoms with Gasteiger partial charge in [0.15, 0.2) is 11.5 Å². The summed E-state index contributed by atoms with van der Waals surface area (Å²) in [6, 6.07) is 6.03. The van der Waals surface area contributed by atoms with Gasteiger partial charge in [-0.25, -0.2) is 9.07 Å². The van der Waals surface area contributed by atoms with E-state index in [0.29, 0.717) is 10.2 Å². The number of hydrogen-bond donors (Lipinski definition) is 1. The van der Waals surface area contributed by atoms with E-state index in [9.17, 15) is 22.4 Å². The molecule has 0 saturated heterocycles. The summed E-state index contributed by atoms with van der Waals surface area (Å²) in [6.07, 6.45) is -4.12. The molecule has 0 aliphatic heterocycles. The second kappa shape index (κ2) is 7.25. The number of methoxy groups -OCH3 is 1. The largest absolute Gasteiger partial charge is 0.480 e. The van der Waals surface area contributed by atoms with Crippen molar-refractivity contribution >= 4 is 11.6 Å². The molecule has 28 heavy (non-hydrogen) atoms. The van der Waals surface area contributed by atoms with Crippen LogP contribution in [0.1, 0.15) is 21.6 Å². The van der Waals surface area contributed by atoms with Crippen LogP contribution in [0.3, 0.4) is 0 Å². The van der Waals surface area contributed by atoms with Gasteiger partial charge in [-0.05, 0) is 36.8 Å². The number of rotatable bonds is 4. The Hall–Kier alpha value is -3.50. The highest BCUT2D eigenvalue weighted by Gasteiger charge is 2.41. The van der Waals surface area contributed by atoms with Crippen molar-refractivity contribution in [2.45, 2.75) is 13.1 Å². The molecule has 3 rings (SSSR count). The van der Waals surface area contributed by atoms with Crippen molar-refractivity contribution in [3.63, 3.8) is 0 Å². The molecule has 0 spiro atoms. The molecule has 0 saturated carbocycles. The van der Waals surface area contributed by atoms with Crippen LogP contribution in [0.2, 0.25) is 0 Å². The highest BCUT2D eigenvalue weighted by atomic mass is 19.4. The second-order valence-electron chi connectivity index (χ2n) is 5.66. The lowest BCUT2D eigenvalue weighted by molar-refractivity contribution is -0.143. The minimum absolute atomic E-state index is 0.106. The molecule has 146 valence electrons. The average Bonchev–Trinajstić information content (AvgIpc) is 3.10. The van der Waals surface area contributed by atoms with E-state index in [-0.39, 0.29) is 17.4 Å².